The third-order valence-corrected chi connectivity index (χ3v) is 2.63. The Balaban J connectivity index is 2.99. The van der Waals surface area contributed by atoms with Gasteiger partial charge in [0.05, 0.1) is 10.6 Å². The molecule has 0 aliphatic heterocycles. The van der Waals surface area contributed by atoms with Crippen molar-refractivity contribution in [1.29, 1.82) is 0 Å². The normalized spacial score (nSPS) is 10.3. The van der Waals surface area contributed by atoms with Gasteiger partial charge < -0.3 is 10.0 Å². The van der Waals surface area contributed by atoms with Gasteiger partial charge >= 0.3 is 5.97 Å². The number of anilines is 1. The number of carboxylic acid groups (broad SMARTS) is 1. The second kappa shape index (κ2) is 6.45. The molecule has 5 heteroatoms. The van der Waals surface area contributed by atoms with Crippen LogP contribution in [-0.2, 0) is 0 Å². The second-order valence-electron chi connectivity index (χ2n) is 3.82. The van der Waals surface area contributed by atoms with E-state index in [1.165, 1.54) is 12.3 Å². The van der Waals surface area contributed by atoms with E-state index >= 15 is 0 Å². The molecule has 0 saturated heterocycles. The average Bonchev–Trinajstić information content (AvgIpc) is 2.28. The van der Waals surface area contributed by atoms with Crippen LogP contribution in [0.2, 0.25) is 5.02 Å². The van der Waals surface area contributed by atoms with Crippen LogP contribution in [0.15, 0.2) is 12.3 Å². The number of nitrogens with zero attached hydrogens (tertiary/aromatic N) is 2. The number of aromatic nitrogens is 1. The summed E-state index contributed by atoms with van der Waals surface area (Å²) in [4.78, 5) is 17.0. The lowest BCUT2D eigenvalue weighted by atomic mass is 10.2. The topological polar surface area (TPSA) is 53.4 Å². The van der Waals surface area contributed by atoms with Gasteiger partial charge in [-0.25, -0.2) is 9.78 Å². The molecule has 17 heavy (non-hydrogen) atoms. The largest absolute Gasteiger partial charge is 0.478 e. The number of aromatic carboxylic acids is 1. The van der Waals surface area contributed by atoms with E-state index in [1.807, 2.05) is 0 Å². The number of hydrogen-bond donors (Lipinski definition) is 1. The minimum Gasteiger partial charge on any atom is -0.478 e. The van der Waals surface area contributed by atoms with Gasteiger partial charge in [-0.1, -0.05) is 25.4 Å². The molecule has 0 bridgehead atoms. The van der Waals surface area contributed by atoms with Gasteiger partial charge in [-0.2, -0.15) is 0 Å². The maximum Gasteiger partial charge on any atom is 0.337 e. The van der Waals surface area contributed by atoms with Crippen LogP contribution in [0.25, 0.3) is 0 Å². The molecule has 0 aliphatic carbocycles. The Morgan fingerprint density at radius 1 is 1.41 bits per heavy atom. The van der Waals surface area contributed by atoms with Gasteiger partial charge in [0.1, 0.15) is 5.82 Å². The van der Waals surface area contributed by atoms with Gasteiger partial charge in [0.25, 0.3) is 0 Å². The summed E-state index contributed by atoms with van der Waals surface area (Å²) in [7, 11) is 0. The van der Waals surface area contributed by atoms with Crippen molar-refractivity contribution in [3.8, 4) is 0 Å². The highest BCUT2D eigenvalue weighted by Crippen LogP contribution is 2.24. The third-order valence-electron chi connectivity index (χ3n) is 2.36. The standard InChI is InChI=1S/C12H17ClN2O2/c1-3-5-15(6-4-2)11-10(13)7-9(8-14-11)12(16)17/h7-8H,3-6H2,1-2H3,(H,16,17). The summed E-state index contributed by atoms with van der Waals surface area (Å²) in [5.41, 5.74) is 0.117. The highest BCUT2D eigenvalue weighted by molar-refractivity contribution is 6.33. The number of halogens is 1. The zero-order chi connectivity index (χ0) is 12.8. The number of carbonyl (C=O) groups is 1. The molecule has 1 aromatic heterocycles. The van der Waals surface area contributed by atoms with Crippen LogP contribution >= 0.6 is 11.6 Å². The Labute approximate surface area is 106 Å². The van der Waals surface area contributed by atoms with Gasteiger partial charge in [-0.05, 0) is 18.9 Å². The predicted octanol–water partition coefficient (Wildman–Crippen LogP) is 3.06. The SMILES string of the molecule is CCCN(CCC)c1ncc(C(=O)O)cc1Cl. The highest BCUT2D eigenvalue weighted by Gasteiger charge is 2.13. The summed E-state index contributed by atoms with van der Waals surface area (Å²) in [5.74, 6) is -0.344. The molecule has 1 aromatic rings. The summed E-state index contributed by atoms with van der Waals surface area (Å²) >= 11 is 6.07. The molecule has 1 rings (SSSR count). The van der Waals surface area contributed by atoms with Gasteiger partial charge in [0.15, 0.2) is 0 Å². The molecule has 0 spiro atoms. The molecule has 0 fully saturated rings. The Morgan fingerprint density at radius 2 is 2.00 bits per heavy atom. The molecule has 4 nitrogen and oxygen atoms in total. The Morgan fingerprint density at radius 3 is 2.41 bits per heavy atom. The Kier molecular flexibility index (Phi) is 5.22. The number of pyridine rings is 1. The summed E-state index contributed by atoms with van der Waals surface area (Å²) in [5, 5.41) is 9.23. The van der Waals surface area contributed by atoms with E-state index in [0.717, 1.165) is 25.9 Å². The zero-order valence-electron chi connectivity index (χ0n) is 10.1. The van der Waals surface area contributed by atoms with Gasteiger partial charge in [0.2, 0.25) is 0 Å². The molecule has 0 unspecified atom stereocenters. The van der Waals surface area contributed by atoms with Crippen LogP contribution in [0.1, 0.15) is 37.0 Å². The third kappa shape index (κ3) is 3.60. The Bertz CT molecular complexity index is 390. The van der Waals surface area contributed by atoms with E-state index in [1.54, 1.807) is 0 Å². The van der Waals surface area contributed by atoms with Gasteiger partial charge in [0, 0.05) is 19.3 Å². The summed E-state index contributed by atoms with van der Waals surface area (Å²) < 4.78 is 0. The first-order valence-corrected chi connectivity index (χ1v) is 6.11. The fraction of sp³-hybridized carbons (Fsp3) is 0.500. The van der Waals surface area contributed by atoms with Gasteiger partial charge in [-0.3, -0.25) is 0 Å². The summed E-state index contributed by atoms with van der Waals surface area (Å²) in [6.45, 7) is 5.91. The van der Waals surface area contributed by atoms with Crippen LogP contribution in [0.4, 0.5) is 5.82 Å². The maximum atomic E-state index is 10.8. The lowest BCUT2D eigenvalue weighted by molar-refractivity contribution is 0.0696. The molecule has 0 atom stereocenters. The van der Waals surface area contributed by atoms with Crippen molar-refractivity contribution in [2.24, 2.45) is 0 Å². The number of carboxylic acids is 1. The van der Waals surface area contributed by atoms with Crippen molar-refractivity contribution in [1.82, 2.24) is 4.98 Å². The summed E-state index contributed by atoms with van der Waals surface area (Å²) in [6.07, 6.45) is 3.35. The molecular formula is C12H17ClN2O2. The van der Waals surface area contributed by atoms with Crippen molar-refractivity contribution in [2.45, 2.75) is 26.7 Å². The molecule has 0 aliphatic rings. The quantitative estimate of drug-likeness (QED) is 0.850. The highest BCUT2D eigenvalue weighted by atomic mass is 35.5. The predicted molar refractivity (Wildman–Crippen MR) is 69.0 cm³/mol. The van der Waals surface area contributed by atoms with E-state index < -0.39 is 5.97 Å². The van der Waals surface area contributed by atoms with Crippen molar-refractivity contribution in [3.63, 3.8) is 0 Å². The van der Waals surface area contributed by atoms with Crippen molar-refractivity contribution in [2.75, 3.05) is 18.0 Å². The smallest absolute Gasteiger partial charge is 0.337 e. The first-order valence-electron chi connectivity index (χ1n) is 5.73. The van der Waals surface area contributed by atoms with E-state index in [4.69, 9.17) is 16.7 Å². The first-order chi connectivity index (χ1) is 8.10. The fourth-order valence-electron chi connectivity index (χ4n) is 1.64. The lowest BCUT2D eigenvalue weighted by Crippen LogP contribution is -2.26. The fourth-order valence-corrected chi connectivity index (χ4v) is 1.93. The molecule has 0 saturated carbocycles. The number of rotatable bonds is 6. The summed E-state index contributed by atoms with van der Waals surface area (Å²) in [6, 6.07) is 1.45. The maximum absolute atomic E-state index is 10.8. The minimum absolute atomic E-state index is 0.117. The van der Waals surface area contributed by atoms with Crippen molar-refractivity contribution >= 4 is 23.4 Å². The van der Waals surface area contributed by atoms with Crippen molar-refractivity contribution in [3.05, 3.63) is 22.8 Å². The Hall–Kier alpha value is -1.29. The first kappa shape index (κ1) is 13.8. The van der Waals surface area contributed by atoms with Crippen LogP contribution in [0.5, 0.6) is 0 Å². The van der Waals surface area contributed by atoms with Crippen LogP contribution in [0.3, 0.4) is 0 Å². The van der Waals surface area contributed by atoms with E-state index in [2.05, 4.69) is 23.7 Å². The number of hydrogen-bond acceptors (Lipinski definition) is 3. The van der Waals surface area contributed by atoms with Crippen molar-refractivity contribution < 1.29 is 9.90 Å². The van der Waals surface area contributed by atoms with Crippen LogP contribution in [-0.4, -0.2) is 29.1 Å². The van der Waals surface area contributed by atoms with Crippen LogP contribution < -0.4 is 4.90 Å². The minimum atomic E-state index is -1.01. The van der Waals surface area contributed by atoms with Crippen LogP contribution in [0, 0.1) is 0 Å². The molecule has 1 heterocycles. The van der Waals surface area contributed by atoms with Gasteiger partial charge in [-0.15, -0.1) is 0 Å². The van der Waals surface area contributed by atoms with E-state index in [-0.39, 0.29) is 5.56 Å². The second-order valence-corrected chi connectivity index (χ2v) is 4.23. The zero-order valence-corrected chi connectivity index (χ0v) is 10.9. The van der Waals surface area contributed by atoms with E-state index in [9.17, 15) is 4.79 Å². The molecule has 0 radical (unpaired) electrons. The van der Waals surface area contributed by atoms with E-state index in [0.29, 0.717) is 10.8 Å². The molecule has 0 aromatic carbocycles. The molecule has 0 amide bonds. The molecule has 94 valence electrons. The molecular weight excluding hydrogens is 240 g/mol. The average molecular weight is 257 g/mol. The molecule has 1 N–H and O–H groups in total. The monoisotopic (exact) mass is 256 g/mol. The lowest BCUT2D eigenvalue weighted by Gasteiger charge is -2.23.